The van der Waals surface area contributed by atoms with Crippen molar-refractivity contribution < 1.29 is 14.3 Å². The molecule has 0 atom stereocenters. The van der Waals surface area contributed by atoms with Crippen LogP contribution in [0.3, 0.4) is 0 Å². The number of nitrogens with one attached hydrogen (secondary N) is 1. The first kappa shape index (κ1) is 15.1. The Bertz CT molecular complexity index is 518. The van der Waals surface area contributed by atoms with Gasteiger partial charge in [0.25, 0.3) is 0 Å². The fourth-order valence-corrected chi connectivity index (χ4v) is 2.07. The van der Waals surface area contributed by atoms with Gasteiger partial charge in [0.2, 0.25) is 12.7 Å². The summed E-state index contributed by atoms with van der Waals surface area (Å²) in [6, 6.07) is 5.75. The van der Waals surface area contributed by atoms with Crippen LogP contribution >= 0.6 is 0 Å². The lowest BCUT2D eigenvalue weighted by Crippen LogP contribution is -2.38. The monoisotopic (exact) mass is 288 g/mol. The molecule has 0 bridgehead atoms. The Morgan fingerprint density at radius 2 is 1.95 bits per heavy atom. The highest BCUT2D eigenvalue weighted by molar-refractivity contribution is 5.78. The summed E-state index contributed by atoms with van der Waals surface area (Å²) in [5.74, 6) is 1.54. The van der Waals surface area contributed by atoms with Gasteiger partial charge in [-0.3, -0.25) is 4.79 Å². The number of rotatable bonds is 8. The summed E-state index contributed by atoms with van der Waals surface area (Å²) >= 11 is 0. The number of benzene rings is 1. The third kappa shape index (κ3) is 4.10. The highest BCUT2D eigenvalue weighted by Gasteiger charge is 2.13. The van der Waals surface area contributed by atoms with Crippen molar-refractivity contribution >= 4 is 5.91 Å². The zero-order chi connectivity index (χ0) is 15.1. The largest absolute Gasteiger partial charge is 0.454 e. The topological polar surface area (TPSA) is 50.8 Å². The molecule has 5 heteroatoms. The van der Waals surface area contributed by atoms with Crippen molar-refractivity contribution in [2.24, 2.45) is 0 Å². The molecule has 0 saturated heterocycles. The van der Waals surface area contributed by atoms with Gasteiger partial charge in [0, 0.05) is 19.6 Å². The van der Waals surface area contributed by atoms with Crippen LogP contribution in [0.2, 0.25) is 0 Å². The molecule has 112 valence electrons. The van der Waals surface area contributed by atoms with Crippen LogP contribution in [-0.4, -0.2) is 37.2 Å². The highest BCUT2D eigenvalue weighted by atomic mass is 16.7. The number of hydrogen-bond donors (Lipinski definition) is 1. The number of hydrogen-bond acceptors (Lipinski definition) is 4. The van der Waals surface area contributed by atoms with Gasteiger partial charge in [0.1, 0.15) is 0 Å². The second kappa shape index (κ2) is 7.50. The van der Waals surface area contributed by atoms with E-state index in [4.69, 9.17) is 9.47 Å². The van der Waals surface area contributed by atoms with Gasteiger partial charge in [0.15, 0.2) is 11.5 Å². The molecule has 0 fully saturated rings. The Morgan fingerprint density at radius 1 is 1.24 bits per heavy atom. The Hall–Kier alpha value is -2.27. The van der Waals surface area contributed by atoms with Crippen molar-refractivity contribution in [1.82, 2.24) is 10.2 Å². The average Bonchev–Trinajstić information content (AvgIpc) is 2.94. The Kier molecular flexibility index (Phi) is 5.40. The molecule has 5 nitrogen and oxygen atoms in total. The van der Waals surface area contributed by atoms with E-state index < -0.39 is 0 Å². The fraction of sp³-hybridized carbons (Fsp3) is 0.312. The number of ether oxygens (including phenoxy) is 2. The second-order valence-electron chi connectivity index (χ2n) is 4.67. The summed E-state index contributed by atoms with van der Waals surface area (Å²) < 4.78 is 10.6. The molecule has 0 spiro atoms. The maximum absolute atomic E-state index is 12.0. The molecule has 1 aliphatic rings. The number of amides is 1. The van der Waals surface area contributed by atoms with E-state index in [1.165, 1.54) is 0 Å². The molecule has 21 heavy (non-hydrogen) atoms. The van der Waals surface area contributed by atoms with Crippen LogP contribution in [0.5, 0.6) is 11.5 Å². The number of carbonyl (C=O) groups is 1. The van der Waals surface area contributed by atoms with Crippen LogP contribution in [-0.2, 0) is 11.3 Å². The molecule has 1 amide bonds. The molecule has 1 aromatic rings. The summed E-state index contributed by atoms with van der Waals surface area (Å²) in [5.41, 5.74) is 1.05. The van der Waals surface area contributed by atoms with Crippen LogP contribution < -0.4 is 14.8 Å². The van der Waals surface area contributed by atoms with Gasteiger partial charge < -0.3 is 19.7 Å². The Balaban J connectivity index is 1.81. The van der Waals surface area contributed by atoms with E-state index in [0.29, 0.717) is 19.6 Å². The standard InChI is InChI=1S/C16H20N2O3/c1-3-7-18(8-4-2)16(19)11-17-10-13-5-6-14-15(9-13)21-12-20-14/h3-6,9,17H,1-2,7-8,10-12H2. The van der Waals surface area contributed by atoms with E-state index >= 15 is 0 Å². The third-order valence-corrected chi connectivity index (χ3v) is 3.09. The van der Waals surface area contributed by atoms with Crippen LogP contribution in [0.15, 0.2) is 43.5 Å². The molecular formula is C16H20N2O3. The first-order chi connectivity index (χ1) is 10.2. The molecule has 0 saturated carbocycles. The summed E-state index contributed by atoms with van der Waals surface area (Å²) in [5, 5.41) is 3.13. The van der Waals surface area contributed by atoms with E-state index in [1.807, 2.05) is 18.2 Å². The van der Waals surface area contributed by atoms with Crippen molar-refractivity contribution in [3.63, 3.8) is 0 Å². The lowest BCUT2D eigenvalue weighted by molar-refractivity contribution is -0.129. The molecule has 0 radical (unpaired) electrons. The van der Waals surface area contributed by atoms with Gasteiger partial charge in [-0.05, 0) is 17.7 Å². The number of carbonyl (C=O) groups excluding carboxylic acids is 1. The van der Waals surface area contributed by atoms with Crippen LogP contribution in [0, 0.1) is 0 Å². The maximum atomic E-state index is 12.0. The molecule has 0 aromatic heterocycles. The Morgan fingerprint density at radius 3 is 2.67 bits per heavy atom. The van der Waals surface area contributed by atoms with Crippen molar-refractivity contribution in [3.05, 3.63) is 49.1 Å². The van der Waals surface area contributed by atoms with Crippen LogP contribution in [0.1, 0.15) is 5.56 Å². The minimum atomic E-state index is 0.0237. The molecule has 1 N–H and O–H groups in total. The lowest BCUT2D eigenvalue weighted by Gasteiger charge is -2.19. The number of fused-ring (bicyclic) bond motifs is 1. The normalized spacial score (nSPS) is 12.0. The minimum absolute atomic E-state index is 0.0237. The summed E-state index contributed by atoms with van der Waals surface area (Å²) in [4.78, 5) is 13.7. The Labute approximate surface area is 124 Å². The van der Waals surface area contributed by atoms with Crippen molar-refractivity contribution in [3.8, 4) is 11.5 Å². The summed E-state index contributed by atoms with van der Waals surface area (Å²) in [7, 11) is 0. The van der Waals surface area contributed by atoms with E-state index in [9.17, 15) is 4.79 Å². The van der Waals surface area contributed by atoms with E-state index in [-0.39, 0.29) is 19.2 Å². The minimum Gasteiger partial charge on any atom is -0.454 e. The van der Waals surface area contributed by atoms with Gasteiger partial charge in [0.05, 0.1) is 6.54 Å². The highest BCUT2D eigenvalue weighted by Crippen LogP contribution is 2.32. The molecule has 2 rings (SSSR count). The van der Waals surface area contributed by atoms with E-state index in [1.54, 1.807) is 17.1 Å². The number of nitrogens with zero attached hydrogens (tertiary/aromatic N) is 1. The zero-order valence-electron chi connectivity index (χ0n) is 12.0. The van der Waals surface area contributed by atoms with E-state index in [2.05, 4.69) is 18.5 Å². The third-order valence-electron chi connectivity index (χ3n) is 3.09. The summed E-state index contributed by atoms with van der Waals surface area (Å²) in [6.45, 7) is 9.49. The smallest absolute Gasteiger partial charge is 0.237 e. The van der Waals surface area contributed by atoms with Gasteiger partial charge in [-0.15, -0.1) is 13.2 Å². The maximum Gasteiger partial charge on any atom is 0.237 e. The van der Waals surface area contributed by atoms with Gasteiger partial charge in [-0.25, -0.2) is 0 Å². The first-order valence-corrected chi connectivity index (χ1v) is 6.83. The van der Waals surface area contributed by atoms with Crippen molar-refractivity contribution in [2.75, 3.05) is 26.4 Å². The molecule has 1 aliphatic heterocycles. The predicted molar refractivity (Wildman–Crippen MR) is 81.2 cm³/mol. The predicted octanol–water partition coefficient (Wildman–Crippen LogP) is 1.71. The molecule has 1 aromatic carbocycles. The van der Waals surface area contributed by atoms with Gasteiger partial charge >= 0.3 is 0 Å². The SMILES string of the molecule is C=CCN(CC=C)C(=O)CNCc1ccc2c(c1)OCO2. The molecule has 0 aliphatic carbocycles. The quantitative estimate of drug-likeness (QED) is 0.740. The zero-order valence-corrected chi connectivity index (χ0v) is 12.0. The summed E-state index contributed by atoms with van der Waals surface area (Å²) in [6.07, 6.45) is 3.42. The van der Waals surface area contributed by atoms with Crippen LogP contribution in [0.4, 0.5) is 0 Å². The van der Waals surface area contributed by atoms with Crippen molar-refractivity contribution in [1.29, 1.82) is 0 Å². The lowest BCUT2D eigenvalue weighted by atomic mass is 10.2. The first-order valence-electron chi connectivity index (χ1n) is 6.83. The average molecular weight is 288 g/mol. The van der Waals surface area contributed by atoms with E-state index in [0.717, 1.165) is 17.1 Å². The van der Waals surface area contributed by atoms with Gasteiger partial charge in [-0.2, -0.15) is 0 Å². The molecular weight excluding hydrogens is 268 g/mol. The van der Waals surface area contributed by atoms with Crippen LogP contribution in [0.25, 0.3) is 0 Å². The van der Waals surface area contributed by atoms with Gasteiger partial charge in [-0.1, -0.05) is 18.2 Å². The second-order valence-corrected chi connectivity index (χ2v) is 4.67. The molecule has 1 heterocycles. The molecule has 0 unspecified atom stereocenters. The van der Waals surface area contributed by atoms with Crippen molar-refractivity contribution in [2.45, 2.75) is 6.54 Å². The fourth-order valence-electron chi connectivity index (χ4n) is 2.07.